The van der Waals surface area contributed by atoms with Crippen LogP contribution in [0.3, 0.4) is 0 Å². The first-order valence-electron chi connectivity index (χ1n) is 5.50. The highest BCUT2D eigenvalue weighted by Crippen LogP contribution is 2.38. The van der Waals surface area contributed by atoms with E-state index in [0.29, 0.717) is 12.8 Å². The van der Waals surface area contributed by atoms with E-state index < -0.39 is 17.1 Å². The third-order valence-corrected chi connectivity index (χ3v) is 3.13. The van der Waals surface area contributed by atoms with Crippen molar-refractivity contribution in [1.82, 2.24) is 4.98 Å². The topological polar surface area (TPSA) is 65.8 Å². The molecule has 1 fully saturated rings. The Morgan fingerprint density at radius 2 is 2.24 bits per heavy atom. The Morgan fingerprint density at radius 1 is 1.53 bits per heavy atom. The van der Waals surface area contributed by atoms with Crippen molar-refractivity contribution in [1.29, 1.82) is 5.26 Å². The average Bonchev–Trinajstić information content (AvgIpc) is 2.82. The van der Waals surface area contributed by atoms with Gasteiger partial charge in [-0.05, 0) is 18.9 Å². The van der Waals surface area contributed by atoms with Crippen molar-refractivity contribution in [2.75, 3.05) is 5.32 Å². The standard InChI is InChI=1S/C12H12FN3O/c13-9-7-15-6-3-10(9)16-11(17)12(8-14)4-1-2-5-12/h3,6-7H,1-2,4-5H2,(H,15,16,17). The van der Waals surface area contributed by atoms with Crippen molar-refractivity contribution in [2.45, 2.75) is 25.7 Å². The summed E-state index contributed by atoms with van der Waals surface area (Å²) >= 11 is 0. The number of carbonyl (C=O) groups excluding carboxylic acids is 1. The summed E-state index contributed by atoms with van der Waals surface area (Å²) in [7, 11) is 0. The first kappa shape index (κ1) is 11.5. The van der Waals surface area contributed by atoms with Gasteiger partial charge in [0.15, 0.2) is 5.82 Å². The molecule has 0 aromatic carbocycles. The van der Waals surface area contributed by atoms with Crippen LogP contribution in [0.2, 0.25) is 0 Å². The number of rotatable bonds is 2. The minimum Gasteiger partial charge on any atom is -0.322 e. The predicted molar refractivity (Wildman–Crippen MR) is 59.3 cm³/mol. The summed E-state index contributed by atoms with van der Waals surface area (Å²) in [6, 6.07) is 3.45. The number of hydrogen-bond donors (Lipinski definition) is 1. The highest BCUT2D eigenvalue weighted by atomic mass is 19.1. The van der Waals surface area contributed by atoms with Crippen molar-refractivity contribution in [3.05, 3.63) is 24.3 Å². The lowest BCUT2D eigenvalue weighted by atomic mass is 9.87. The lowest BCUT2D eigenvalue weighted by Crippen LogP contribution is -2.32. The minimum absolute atomic E-state index is 0.0755. The summed E-state index contributed by atoms with van der Waals surface area (Å²) in [4.78, 5) is 15.6. The van der Waals surface area contributed by atoms with E-state index in [2.05, 4.69) is 16.4 Å². The minimum atomic E-state index is -0.990. The number of aromatic nitrogens is 1. The molecule has 17 heavy (non-hydrogen) atoms. The van der Waals surface area contributed by atoms with Gasteiger partial charge in [0.05, 0.1) is 18.0 Å². The molecule has 1 amide bonds. The van der Waals surface area contributed by atoms with Crippen molar-refractivity contribution >= 4 is 11.6 Å². The van der Waals surface area contributed by atoms with E-state index in [0.717, 1.165) is 19.0 Å². The van der Waals surface area contributed by atoms with Gasteiger partial charge in [-0.3, -0.25) is 9.78 Å². The van der Waals surface area contributed by atoms with Crippen molar-refractivity contribution in [3.63, 3.8) is 0 Å². The van der Waals surface area contributed by atoms with Gasteiger partial charge in [0.2, 0.25) is 5.91 Å². The van der Waals surface area contributed by atoms with E-state index in [1.165, 1.54) is 12.3 Å². The maximum atomic E-state index is 13.3. The van der Waals surface area contributed by atoms with Gasteiger partial charge in [-0.15, -0.1) is 0 Å². The molecular formula is C12H12FN3O. The lowest BCUT2D eigenvalue weighted by Gasteiger charge is -2.19. The van der Waals surface area contributed by atoms with Gasteiger partial charge in [0, 0.05) is 6.20 Å². The lowest BCUT2D eigenvalue weighted by molar-refractivity contribution is -0.122. The number of hydrogen-bond acceptors (Lipinski definition) is 3. The van der Waals surface area contributed by atoms with Gasteiger partial charge in [-0.1, -0.05) is 12.8 Å². The smallest absolute Gasteiger partial charge is 0.244 e. The van der Waals surface area contributed by atoms with E-state index >= 15 is 0 Å². The maximum Gasteiger partial charge on any atom is 0.244 e. The molecule has 1 aromatic rings. The summed E-state index contributed by atoms with van der Waals surface area (Å²) in [5.41, 5.74) is -0.915. The Balaban J connectivity index is 2.17. The van der Waals surface area contributed by atoms with Crippen LogP contribution in [0.4, 0.5) is 10.1 Å². The van der Waals surface area contributed by atoms with E-state index in [9.17, 15) is 9.18 Å². The molecule has 0 atom stereocenters. The van der Waals surface area contributed by atoms with Crippen molar-refractivity contribution in [2.24, 2.45) is 5.41 Å². The normalized spacial score (nSPS) is 17.4. The highest BCUT2D eigenvalue weighted by molar-refractivity contribution is 5.97. The molecule has 1 N–H and O–H groups in total. The molecule has 0 radical (unpaired) electrons. The number of nitriles is 1. The third kappa shape index (κ3) is 2.11. The van der Waals surface area contributed by atoms with Gasteiger partial charge in [-0.2, -0.15) is 5.26 Å². The Kier molecular flexibility index (Phi) is 3.05. The van der Waals surface area contributed by atoms with Crippen LogP contribution in [0.25, 0.3) is 0 Å². The second-order valence-electron chi connectivity index (χ2n) is 4.21. The molecule has 0 aliphatic heterocycles. The molecule has 0 spiro atoms. The molecule has 0 unspecified atom stereocenters. The van der Waals surface area contributed by atoms with Crippen LogP contribution in [-0.4, -0.2) is 10.9 Å². The third-order valence-electron chi connectivity index (χ3n) is 3.13. The van der Waals surface area contributed by atoms with Gasteiger partial charge < -0.3 is 5.32 Å². The Hall–Kier alpha value is -1.96. The van der Waals surface area contributed by atoms with Crippen LogP contribution in [0.1, 0.15) is 25.7 Å². The zero-order valence-corrected chi connectivity index (χ0v) is 9.24. The Morgan fingerprint density at radius 3 is 2.82 bits per heavy atom. The van der Waals surface area contributed by atoms with Gasteiger partial charge in [0.1, 0.15) is 5.41 Å². The Labute approximate surface area is 98.5 Å². The number of amides is 1. The zero-order valence-electron chi connectivity index (χ0n) is 9.24. The number of anilines is 1. The molecule has 1 aliphatic rings. The number of carbonyl (C=O) groups is 1. The summed E-state index contributed by atoms with van der Waals surface area (Å²) in [5.74, 6) is -1.01. The summed E-state index contributed by atoms with van der Waals surface area (Å²) in [6.45, 7) is 0. The number of halogens is 1. The molecule has 1 heterocycles. The molecular weight excluding hydrogens is 221 g/mol. The summed E-state index contributed by atoms with van der Waals surface area (Å²) in [5, 5.41) is 11.6. The predicted octanol–water partition coefficient (Wildman–Crippen LogP) is 2.24. The SMILES string of the molecule is N#CC1(C(=O)Nc2ccncc2F)CCCC1. The molecule has 1 aromatic heterocycles. The van der Waals surface area contributed by atoms with Crippen LogP contribution in [0.15, 0.2) is 18.5 Å². The average molecular weight is 233 g/mol. The fourth-order valence-corrected chi connectivity index (χ4v) is 2.09. The van der Waals surface area contributed by atoms with E-state index in [-0.39, 0.29) is 5.69 Å². The molecule has 88 valence electrons. The molecule has 2 rings (SSSR count). The highest BCUT2D eigenvalue weighted by Gasteiger charge is 2.41. The molecule has 0 saturated heterocycles. The summed E-state index contributed by atoms with van der Waals surface area (Å²) < 4.78 is 13.3. The van der Waals surface area contributed by atoms with Crippen LogP contribution in [-0.2, 0) is 4.79 Å². The fourth-order valence-electron chi connectivity index (χ4n) is 2.09. The molecule has 5 heteroatoms. The Bertz CT molecular complexity index is 475. The number of pyridine rings is 1. The van der Waals surface area contributed by atoms with E-state index in [4.69, 9.17) is 5.26 Å². The first-order chi connectivity index (χ1) is 8.18. The second kappa shape index (κ2) is 4.50. The molecule has 1 aliphatic carbocycles. The molecule has 0 bridgehead atoms. The van der Waals surface area contributed by atoms with Crippen LogP contribution >= 0.6 is 0 Å². The number of nitrogens with one attached hydrogen (secondary N) is 1. The molecule has 4 nitrogen and oxygen atoms in total. The second-order valence-corrected chi connectivity index (χ2v) is 4.21. The number of nitrogens with zero attached hydrogens (tertiary/aromatic N) is 2. The van der Waals surface area contributed by atoms with Crippen molar-refractivity contribution in [3.8, 4) is 6.07 Å². The van der Waals surface area contributed by atoms with E-state index in [1.807, 2.05) is 0 Å². The van der Waals surface area contributed by atoms with Crippen LogP contribution in [0.5, 0.6) is 0 Å². The van der Waals surface area contributed by atoms with Gasteiger partial charge in [-0.25, -0.2) is 4.39 Å². The molecule has 1 saturated carbocycles. The van der Waals surface area contributed by atoms with Crippen LogP contribution < -0.4 is 5.32 Å². The summed E-state index contributed by atoms with van der Waals surface area (Å²) in [6.07, 6.45) is 5.24. The maximum absolute atomic E-state index is 13.3. The monoisotopic (exact) mass is 233 g/mol. The van der Waals surface area contributed by atoms with Crippen molar-refractivity contribution < 1.29 is 9.18 Å². The van der Waals surface area contributed by atoms with Gasteiger partial charge in [0.25, 0.3) is 0 Å². The van der Waals surface area contributed by atoms with E-state index in [1.54, 1.807) is 0 Å². The van der Waals surface area contributed by atoms with Crippen LogP contribution in [0, 0.1) is 22.6 Å². The largest absolute Gasteiger partial charge is 0.322 e. The zero-order chi connectivity index (χ0) is 12.3. The van der Waals surface area contributed by atoms with Gasteiger partial charge >= 0.3 is 0 Å². The quantitative estimate of drug-likeness (QED) is 0.851. The first-order valence-corrected chi connectivity index (χ1v) is 5.50. The fraction of sp³-hybridized carbons (Fsp3) is 0.417.